The minimum Gasteiger partial charge on any atom is -0.484 e. The number of amides is 2. The number of benzene rings is 2. The van der Waals surface area contributed by atoms with E-state index in [-0.39, 0.29) is 23.2 Å². The van der Waals surface area contributed by atoms with Gasteiger partial charge in [-0.15, -0.1) is 11.8 Å². The second kappa shape index (κ2) is 9.56. The minimum atomic E-state index is -1.22. The monoisotopic (exact) mass is 483 g/mol. The lowest BCUT2D eigenvalue weighted by molar-refractivity contribution is -0.384. The molecule has 2 N–H and O–H groups in total. The summed E-state index contributed by atoms with van der Waals surface area (Å²) in [4.78, 5) is 48.7. The summed E-state index contributed by atoms with van der Waals surface area (Å²) in [5.41, 5.74) is 1.20. The average Bonchev–Trinajstić information content (AvgIpc) is 2.83. The molecule has 2 heterocycles. The van der Waals surface area contributed by atoms with Gasteiger partial charge in [0.15, 0.2) is 6.61 Å². The van der Waals surface area contributed by atoms with Crippen LogP contribution in [0.1, 0.15) is 12.5 Å². The summed E-state index contributed by atoms with van der Waals surface area (Å²) >= 11 is 1.38. The summed E-state index contributed by atoms with van der Waals surface area (Å²) in [6, 6.07) is 13.9. The Morgan fingerprint density at radius 1 is 1.18 bits per heavy atom. The third-order valence-electron chi connectivity index (χ3n) is 5.64. The number of hydrogen-bond acceptors (Lipinski definition) is 7. The minimum absolute atomic E-state index is 0.0326. The first kappa shape index (κ1) is 23.3. The number of carboxylic acids is 1. The molecule has 2 aromatic carbocycles. The molecule has 176 valence electrons. The molecule has 0 aliphatic carbocycles. The van der Waals surface area contributed by atoms with Gasteiger partial charge in [-0.25, -0.2) is 4.79 Å². The molecule has 0 bridgehead atoms. The fourth-order valence-electron chi connectivity index (χ4n) is 3.91. The summed E-state index contributed by atoms with van der Waals surface area (Å²) in [5, 5.41) is 22.4. The number of thioether (sulfide) groups is 1. The largest absolute Gasteiger partial charge is 0.484 e. The van der Waals surface area contributed by atoms with Crippen LogP contribution < -0.4 is 10.1 Å². The van der Waals surface area contributed by atoms with Crippen molar-refractivity contribution < 1.29 is 29.2 Å². The lowest BCUT2D eigenvalue weighted by Crippen LogP contribution is -2.71. The molecule has 0 spiro atoms. The molecule has 0 aromatic heterocycles. The second-order valence-corrected chi connectivity index (χ2v) is 9.16. The highest BCUT2D eigenvalue weighted by Crippen LogP contribution is 2.45. The van der Waals surface area contributed by atoms with Gasteiger partial charge in [0, 0.05) is 17.4 Å². The zero-order valence-electron chi connectivity index (χ0n) is 18.0. The normalized spacial score (nSPS) is 21.4. The van der Waals surface area contributed by atoms with Gasteiger partial charge >= 0.3 is 5.97 Å². The van der Waals surface area contributed by atoms with Gasteiger partial charge in [-0.2, -0.15) is 0 Å². The average molecular weight is 484 g/mol. The van der Waals surface area contributed by atoms with Gasteiger partial charge in [0.05, 0.1) is 4.92 Å². The second-order valence-electron chi connectivity index (χ2n) is 7.83. The maximum atomic E-state index is 12.7. The Morgan fingerprint density at radius 2 is 1.85 bits per heavy atom. The van der Waals surface area contributed by atoms with Crippen LogP contribution in [-0.2, 0) is 20.8 Å². The summed E-state index contributed by atoms with van der Waals surface area (Å²) < 4.78 is 5.42. The van der Waals surface area contributed by atoms with Crippen molar-refractivity contribution in [1.29, 1.82) is 0 Å². The van der Waals surface area contributed by atoms with Crippen LogP contribution in [0.5, 0.6) is 5.75 Å². The molecule has 3 atom stereocenters. The Labute approximate surface area is 198 Å². The van der Waals surface area contributed by atoms with E-state index in [1.807, 2.05) is 6.07 Å². The lowest BCUT2D eigenvalue weighted by atomic mass is 9.98. The number of nitrogens with zero attached hydrogens (tertiary/aromatic N) is 2. The molecular formula is C23H21N3O7S. The van der Waals surface area contributed by atoms with Gasteiger partial charge in [-0.3, -0.25) is 24.6 Å². The van der Waals surface area contributed by atoms with E-state index in [1.165, 1.54) is 28.8 Å². The van der Waals surface area contributed by atoms with E-state index in [9.17, 15) is 29.6 Å². The highest BCUT2D eigenvalue weighted by atomic mass is 32.2. The van der Waals surface area contributed by atoms with Crippen LogP contribution >= 0.6 is 11.8 Å². The van der Waals surface area contributed by atoms with E-state index < -0.39 is 34.1 Å². The number of rotatable bonds is 8. The molecule has 34 heavy (non-hydrogen) atoms. The molecular weight excluding hydrogens is 462 g/mol. The fourth-order valence-corrected chi connectivity index (χ4v) is 5.52. The van der Waals surface area contributed by atoms with E-state index in [0.29, 0.717) is 17.7 Å². The zero-order chi connectivity index (χ0) is 24.4. The molecule has 1 saturated heterocycles. The van der Waals surface area contributed by atoms with Crippen LogP contribution in [-0.4, -0.2) is 56.0 Å². The molecule has 2 aliphatic heterocycles. The molecule has 2 aliphatic rings. The Morgan fingerprint density at radius 3 is 2.47 bits per heavy atom. The quantitative estimate of drug-likeness (QED) is 0.331. The predicted molar refractivity (Wildman–Crippen MR) is 123 cm³/mol. The zero-order valence-corrected chi connectivity index (χ0v) is 18.9. The van der Waals surface area contributed by atoms with Crippen molar-refractivity contribution in [3.8, 4) is 5.75 Å². The highest BCUT2D eigenvalue weighted by Gasteiger charge is 2.55. The van der Waals surface area contributed by atoms with E-state index >= 15 is 0 Å². The van der Waals surface area contributed by atoms with E-state index in [1.54, 1.807) is 43.3 Å². The van der Waals surface area contributed by atoms with Crippen LogP contribution in [0, 0.1) is 10.1 Å². The van der Waals surface area contributed by atoms with Crippen LogP contribution in [0.4, 0.5) is 5.69 Å². The SMILES string of the molecule is CC1=C(C(=O)O)N2C(=O)C(NC(=O)COc3ccccc3)[C@H]2SC1Cc1ccc([N+](=O)[O-])cc1. The number of nitro groups is 1. The van der Waals surface area contributed by atoms with E-state index in [4.69, 9.17) is 4.74 Å². The van der Waals surface area contributed by atoms with Crippen molar-refractivity contribution >= 4 is 35.2 Å². The summed E-state index contributed by atoms with van der Waals surface area (Å²) in [6.07, 6.45) is 0.418. The van der Waals surface area contributed by atoms with Crippen LogP contribution in [0.15, 0.2) is 65.9 Å². The predicted octanol–water partition coefficient (Wildman–Crippen LogP) is 2.34. The Bertz CT molecular complexity index is 1170. The molecule has 2 aromatic rings. The van der Waals surface area contributed by atoms with Crippen LogP contribution in [0.3, 0.4) is 0 Å². The number of aliphatic carboxylic acids is 1. The summed E-state index contributed by atoms with van der Waals surface area (Å²) in [7, 11) is 0. The molecule has 11 heteroatoms. The number of ether oxygens (including phenoxy) is 1. The number of nitro benzene ring substituents is 1. The van der Waals surface area contributed by atoms with Crippen molar-refractivity contribution in [2.75, 3.05) is 6.61 Å². The number of β-lactam (4-membered cyclic amide) rings is 1. The number of hydrogen-bond donors (Lipinski definition) is 2. The van der Waals surface area contributed by atoms with Crippen LogP contribution in [0.25, 0.3) is 0 Å². The van der Waals surface area contributed by atoms with Gasteiger partial charge in [-0.05, 0) is 36.6 Å². The molecule has 2 unspecified atom stereocenters. The first-order valence-corrected chi connectivity index (χ1v) is 11.3. The first-order valence-electron chi connectivity index (χ1n) is 10.4. The Hall–Kier alpha value is -3.86. The number of para-hydroxylation sites is 1. The van der Waals surface area contributed by atoms with Gasteiger partial charge in [0.2, 0.25) is 0 Å². The third kappa shape index (κ3) is 4.60. The number of non-ortho nitro benzene ring substituents is 1. The van der Waals surface area contributed by atoms with Gasteiger partial charge in [0.1, 0.15) is 22.9 Å². The van der Waals surface area contributed by atoms with Gasteiger partial charge in [0.25, 0.3) is 17.5 Å². The topological polar surface area (TPSA) is 139 Å². The van der Waals surface area contributed by atoms with Crippen molar-refractivity contribution in [2.24, 2.45) is 0 Å². The lowest BCUT2D eigenvalue weighted by Gasteiger charge is -2.51. The molecule has 2 amide bonds. The number of fused-ring (bicyclic) bond motifs is 1. The molecule has 4 rings (SSSR count). The Balaban J connectivity index is 1.47. The molecule has 10 nitrogen and oxygen atoms in total. The molecule has 0 radical (unpaired) electrons. The molecule has 1 fully saturated rings. The van der Waals surface area contributed by atoms with Crippen molar-refractivity contribution in [1.82, 2.24) is 10.2 Å². The van der Waals surface area contributed by atoms with Gasteiger partial charge in [-0.1, -0.05) is 30.3 Å². The maximum absolute atomic E-state index is 12.7. The number of nitrogens with one attached hydrogen (secondary N) is 1. The fraction of sp³-hybridized carbons (Fsp3) is 0.261. The first-order chi connectivity index (χ1) is 16.3. The summed E-state index contributed by atoms with van der Waals surface area (Å²) in [5.74, 6) is -1.68. The number of carbonyl (C=O) groups is 3. The van der Waals surface area contributed by atoms with Crippen molar-refractivity contribution in [2.45, 2.75) is 30.0 Å². The standard InChI is InChI=1S/C23H21N3O7S/c1-13-17(11-14-7-9-15(10-8-14)26(31)32)34-22-19(21(28)25(22)20(13)23(29)30)24-18(27)12-33-16-5-3-2-4-6-16/h2-10,17,19,22H,11-12H2,1H3,(H,24,27)(H,29,30)/t17?,19?,22-/m1/s1. The van der Waals surface area contributed by atoms with E-state index in [0.717, 1.165) is 5.56 Å². The van der Waals surface area contributed by atoms with Crippen LogP contribution in [0.2, 0.25) is 0 Å². The smallest absolute Gasteiger partial charge is 0.352 e. The third-order valence-corrected chi connectivity index (χ3v) is 7.26. The van der Waals surface area contributed by atoms with E-state index in [2.05, 4.69) is 5.32 Å². The maximum Gasteiger partial charge on any atom is 0.352 e. The number of carbonyl (C=O) groups excluding carboxylic acids is 2. The van der Waals surface area contributed by atoms with Crippen molar-refractivity contribution in [3.05, 3.63) is 81.5 Å². The van der Waals surface area contributed by atoms with Crippen molar-refractivity contribution in [3.63, 3.8) is 0 Å². The number of carboxylic acid groups (broad SMARTS) is 1. The van der Waals surface area contributed by atoms with Gasteiger partial charge < -0.3 is 15.2 Å². The molecule has 0 saturated carbocycles. The summed E-state index contributed by atoms with van der Waals surface area (Å²) in [6.45, 7) is 1.38. The Kier molecular flexibility index (Phi) is 6.55. The highest BCUT2D eigenvalue weighted by molar-refractivity contribution is 8.00.